The molecule has 1 aromatic rings. The fourth-order valence-electron chi connectivity index (χ4n) is 4.02. The van der Waals surface area contributed by atoms with Crippen LogP contribution in [0.3, 0.4) is 0 Å². The summed E-state index contributed by atoms with van der Waals surface area (Å²) in [5, 5.41) is 6.93. The molecule has 0 spiro atoms. The summed E-state index contributed by atoms with van der Waals surface area (Å²) in [7, 11) is 0. The van der Waals surface area contributed by atoms with Crippen LogP contribution in [0.5, 0.6) is 0 Å². The lowest BCUT2D eigenvalue weighted by molar-refractivity contribution is -0.0835. The van der Waals surface area contributed by atoms with Crippen molar-refractivity contribution in [3.63, 3.8) is 0 Å². The van der Waals surface area contributed by atoms with Gasteiger partial charge in [0.15, 0.2) is 5.96 Å². The van der Waals surface area contributed by atoms with Gasteiger partial charge in [0.05, 0.1) is 32.5 Å². The molecule has 0 aliphatic carbocycles. The zero-order valence-electron chi connectivity index (χ0n) is 20.6. The molecule has 0 aromatic heterocycles. The van der Waals surface area contributed by atoms with E-state index in [0.717, 1.165) is 44.2 Å². The molecule has 2 N–H and O–H groups in total. The zero-order chi connectivity index (χ0) is 22.5. The van der Waals surface area contributed by atoms with E-state index in [9.17, 15) is 0 Å². The van der Waals surface area contributed by atoms with Crippen molar-refractivity contribution in [2.45, 2.75) is 66.7 Å². The number of benzene rings is 1. The maximum Gasteiger partial charge on any atom is 0.191 e. The SMILES string of the molecule is CCNC(=NCc1cccc(COCCOCC)c1)NCC1CCCOC1C(C)(C)C.I. The monoisotopic (exact) mass is 561 g/mol. The fraction of sp³-hybridized carbons (Fsp3) is 0.720. The molecule has 1 saturated heterocycles. The molecule has 0 saturated carbocycles. The number of halogens is 1. The first-order valence-electron chi connectivity index (χ1n) is 11.8. The molecule has 2 unspecified atom stereocenters. The first-order valence-corrected chi connectivity index (χ1v) is 11.8. The van der Waals surface area contributed by atoms with Gasteiger partial charge in [-0.15, -0.1) is 24.0 Å². The van der Waals surface area contributed by atoms with E-state index in [4.69, 9.17) is 19.2 Å². The maximum absolute atomic E-state index is 6.12. The van der Waals surface area contributed by atoms with Gasteiger partial charge in [-0.1, -0.05) is 45.0 Å². The molecule has 1 aliphatic heterocycles. The topological polar surface area (TPSA) is 64.1 Å². The molecule has 32 heavy (non-hydrogen) atoms. The van der Waals surface area contributed by atoms with Crippen LogP contribution in [0.25, 0.3) is 0 Å². The highest BCUT2D eigenvalue weighted by molar-refractivity contribution is 14.0. The largest absolute Gasteiger partial charge is 0.379 e. The molecule has 0 amide bonds. The molecule has 0 bridgehead atoms. The van der Waals surface area contributed by atoms with Gasteiger partial charge in [-0.2, -0.15) is 0 Å². The van der Waals surface area contributed by atoms with E-state index in [1.165, 1.54) is 12.0 Å². The van der Waals surface area contributed by atoms with Crippen molar-refractivity contribution in [2.24, 2.45) is 16.3 Å². The third-order valence-electron chi connectivity index (χ3n) is 5.43. The van der Waals surface area contributed by atoms with E-state index >= 15 is 0 Å². The summed E-state index contributed by atoms with van der Waals surface area (Å²) in [6.45, 7) is 16.7. The Morgan fingerprint density at radius 1 is 1.12 bits per heavy atom. The summed E-state index contributed by atoms with van der Waals surface area (Å²) in [5.74, 6) is 1.36. The van der Waals surface area contributed by atoms with Crippen molar-refractivity contribution < 1.29 is 14.2 Å². The summed E-state index contributed by atoms with van der Waals surface area (Å²) < 4.78 is 17.1. The molecular formula is C25H44IN3O3. The third-order valence-corrected chi connectivity index (χ3v) is 5.43. The Balaban J connectivity index is 0.00000512. The van der Waals surface area contributed by atoms with E-state index < -0.39 is 0 Å². The first-order chi connectivity index (χ1) is 14.9. The second-order valence-corrected chi connectivity index (χ2v) is 9.21. The Hall–Kier alpha value is -0.900. The third kappa shape index (κ3) is 10.8. The van der Waals surface area contributed by atoms with Gasteiger partial charge in [-0.05, 0) is 43.2 Å². The van der Waals surface area contributed by atoms with Crippen LogP contribution in [0.2, 0.25) is 0 Å². The zero-order valence-corrected chi connectivity index (χ0v) is 22.9. The van der Waals surface area contributed by atoms with Gasteiger partial charge in [-0.3, -0.25) is 0 Å². The Morgan fingerprint density at radius 3 is 2.59 bits per heavy atom. The summed E-state index contributed by atoms with van der Waals surface area (Å²) in [6, 6.07) is 8.44. The van der Waals surface area contributed by atoms with Crippen LogP contribution in [-0.2, 0) is 27.4 Å². The standard InChI is InChI=1S/C25H43N3O3.HI/c1-6-26-24(28-18-22-12-9-13-31-23(22)25(3,4)5)27-17-20-10-8-11-21(16-20)19-30-15-14-29-7-2;/h8,10-11,16,22-23H,6-7,9,12-15,17-19H2,1-5H3,(H2,26,27,28);1H. The number of guanidine groups is 1. The van der Waals surface area contributed by atoms with Crippen molar-refractivity contribution in [2.75, 3.05) is 39.5 Å². The minimum atomic E-state index is 0. The number of nitrogens with zero attached hydrogens (tertiary/aromatic N) is 1. The van der Waals surface area contributed by atoms with Crippen molar-refractivity contribution in [1.82, 2.24) is 10.6 Å². The van der Waals surface area contributed by atoms with Crippen molar-refractivity contribution in [1.29, 1.82) is 0 Å². The van der Waals surface area contributed by atoms with Gasteiger partial charge in [-0.25, -0.2) is 4.99 Å². The predicted octanol–water partition coefficient (Wildman–Crippen LogP) is 4.75. The normalized spacial score (nSPS) is 19.3. The molecular weight excluding hydrogens is 517 g/mol. The van der Waals surface area contributed by atoms with Crippen molar-refractivity contribution in [3.05, 3.63) is 35.4 Å². The van der Waals surface area contributed by atoms with Crippen LogP contribution < -0.4 is 10.6 Å². The Labute approximate surface area is 212 Å². The highest BCUT2D eigenvalue weighted by Crippen LogP contribution is 2.33. The summed E-state index contributed by atoms with van der Waals surface area (Å²) >= 11 is 0. The minimum absolute atomic E-state index is 0. The van der Waals surface area contributed by atoms with Crippen LogP contribution in [0.4, 0.5) is 0 Å². The molecule has 1 fully saturated rings. The molecule has 184 valence electrons. The van der Waals surface area contributed by atoms with Gasteiger partial charge in [0.25, 0.3) is 0 Å². The number of rotatable bonds is 11. The number of aliphatic imine (C=N–C) groups is 1. The Bertz CT molecular complexity index is 664. The molecule has 1 aliphatic rings. The van der Waals surface area contributed by atoms with E-state index in [2.05, 4.69) is 62.6 Å². The molecule has 0 radical (unpaired) electrons. The smallest absolute Gasteiger partial charge is 0.191 e. The van der Waals surface area contributed by atoms with Gasteiger partial charge >= 0.3 is 0 Å². The van der Waals surface area contributed by atoms with Gasteiger partial charge in [0.1, 0.15) is 0 Å². The second-order valence-electron chi connectivity index (χ2n) is 9.21. The number of hydrogen-bond acceptors (Lipinski definition) is 4. The number of ether oxygens (including phenoxy) is 3. The van der Waals surface area contributed by atoms with Crippen LogP contribution in [-0.4, -0.2) is 51.6 Å². The lowest BCUT2D eigenvalue weighted by Gasteiger charge is -2.40. The lowest BCUT2D eigenvalue weighted by atomic mass is 9.78. The molecule has 1 aromatic carbocycles. The summed E-state index contributed by atoms with van der Waals surface area (Å²) in [5.41, 5.74) is 2.49. The highest BCUT2D eigenvalue weighted by Gasteiger charge is 2.35. The van der Waals surface area contributed by atoms with E-state index in [1.807, 2.05) is 6.92 Å². The van der Waals surface area contributed by atoms with E-state index in [1.54, 1.807) is 0 Å². The fourth-order valence-corrected chi connectivity index (χ4v) is 4.02. The average Bonchev–Trinajstić information content (AvgIpc) is 2.75. The lowest BCUT2D eigenvalue weighted by Crippen LogP contribution is -2.47. The number of nitrogens with one attached hydrogen (secondary N) is 2. The Kier molecular flexibility index (Phi) is 14.4. The van der Waals surface area contributed by atoms with Gasteiger partial charge < -0.3 is 24.8 Å². The Morgan fingerprint density at radius 2 is 1.88 bits per heavy atom. The van der Waals surface area contributed by atoms with Crippen molar-refractivity contribution >= 4 is 29.9 Å². The average molecular weight is 562 g/mol. The van der Waals surface area contributed by atoms with Crippen LogP contribution in [0.1, 0.15) is 58.6 Å². The summed E-state index contributed by atoms with van der Waals surface area (Å²) in [4.78, 5) is 4.81. The molecule has 6 nitrogen and oxygen atoms in total. The van der Waals surface area contributed by atoms with Crippen LogP contribution in [0, 0.1) is 11.3 Å². The van der Waals surface area contributed by atoms with E-state index in [0.29, 0.717) is 32.3 Å². The second kappa shape index (κ2) is 15.9. The minimum Gasteiger partial charge on any atom is -0.379 e. The van der Waals surface area contributed by atoms with Gasteiger partial charge in [0, 0.05) is 32.2 Å². The highest BCUT2D eigenvalue weighted by atomic mass is 127. The maximum atomic E-state index is 6.12. The summed E-state index contributed by atoms with van der Waals surface area (Å²) in [6.07, 6.45) is 2.60. The van der Waals surface area contributed by atoms with Crippen LogP contribution in [0.15, 0.2) is 29.3 Å². The quantitative estimate of drug-likeness (QED) is 0.177. The molecule has 7 heteroatoms. The van der Waals surface area contributed by atoms with Crippen molar-refractivity contribution in [3.8, 4) is 0 Å². The number of hydrogen-bond donors (Lipinski definition) is 2. The first kappa shape index (κ1) is 29.1. The molecule has 2 rings (SSSR count). The molecule has 2 atom stereocenters. The van der Waals surface area contributed by atoms with Crippen LogP contribution >= 0.6 is 24.0 Å². The predicted molar refractivity (Wildman–Crippen MR) is 143 cm³/mol. The van der Waals surface area contributed by atoms with E-state index in [-0.39, 0.29) is 35.5 Å². The molecule has 1 heterocycles. The van der Waals surface area contributed by atoms with Gasteiger partial charge in [0.2, 0.25) is 0 Å².